The average Bonchev–Trinajstić information content (AvgIpc) is 2.49. The van der Waals surface area contributed by atoms with Crippen molar-refractivity contribution in [2.24, 2.45) is 0 Å². The molecular weight excluding hydrogens is 321 g/mol. The van der Waals surface area contributed by atoms with Crippen molar-refractivity contribution in [3.05, 3.63) is 76.1 Å². The summed E-state index contributed by atoms with van der Waals surface area (Å²) in [5, 5.41) is 0.902. The lowest BCUT2D eigenvalue weighted by Crippen LogP contribution is -2.02. The van der Waals surface area contributed by atoms with Crippen LogP contribution in [0.5, 0.6) is 0 Å². The lowest BCUT2D eigenvalue weighted by Gasteiger charge is -2.04. The molecule has 0 radical (unpaired) electrons. The molecule has 0 fully saturated rings. The van der Waals surface area contributed by atoms with E-state index >= 15 is 0 Å². The molecule has 3 aromatic rings. The third-order valence-corrected chi connectivity index (χ3v) is 3.64. The molecule has 3 rings (SSSR count). The van der Waals surface area contributed by atoms with Crippen molar-refractivity contribution < 1.29 is 9.18 Å². The van der Waals surface area contributed by atoms with Crippen molar-refractivity contribution in [2.45, 2.75) is 0 Å². The second-order valence-corrected chi connectivity index (χ2v) is 5.23. The van der Waals surface area contributed by atoms with E-state index in [9.17, 15) is 9.18 Å². The van der Waals surface area contributed by atoms with E-state index in [-0.39, 0.29) is 10.3 Å². The molecule has 0 aliphatic carbocycles. The molecule has 0 N–H and O–H groups in total. The van der Waals surface area contributed by atoms with Gasteiger partial charge in [-0.2, -0.15) is 0 Å². The molecule has 0 atom stereocenters. The van der Waals surface area contributed by atoms with Gasteiger partial charge in [0.1, 0.15) is 5.82 Å². The zero-order chi connectivity index (χ0) is 14.1. The number of rotatable bonds is 2. The number of ketones is 1. The van der Waals surface area contributed by atoms with Crippen LogP contribution in [0.1, 0.15) is 15.9 Å². The van der Waals surface area contributed by atoms with Gasteiger partial charge in [0.05, 0.1) is 9.99 Å². The minimum atomic E-state index is -0.391. The van der Waals surface area contributed by atoms with E-state index in [0.29, 0.717) is 11.1 Å². The molecule has 2 nitrogen and oxygen atoms in total. The smallest absolute Gasteiger partial charge is 0.194 e. The maximum absolute atomic E-state index is 13.2. The predicted molar refractivity (Wildman–Crippen MR) is 79.3 cm³/mol. The second-order valence-electron chi connectivity index (χ2n) is 4.37. The van der Waals surface area contributed by atoms with Crippen LogP contribution >= 0.6 is 15.9 Å². The summed E-state index contributed by atoms with van der Waals surface area (Å²) in [5.74, 6) is -0.567. The van der Waals surface area contributed by atoms with Crippen LogP contribution in [0.4, 0.5) is 4.39 Å². The van der Waals surface area contributed by atoms with E-state index in [2.05, 4.69) is 20.9 Å². The van der Waals surface area contributed by atoms with Crippen LogP contribution in [0.3, 0.4) is 0 Å². The molecule has 4 heteroatoms. The van der Waals surface area contributed by atoms with E-state index in [1.54, 1.807) is 12.3 Å². The second kappa shape index (κ2) is 5.13. The Bertz CT molecular complexity index is 816. The molecule has 0 saturated carbocycles. The molecule has 0 spiro atoms. The first-order chi connectivity index (χ1) is 9.65. The molecule has 2 aromatic carbocycles. The van der Waals surface area contributed by atoms with Crippen LogP contribution in [-0.4, -0.2) is 10.8 Å². The lowest BCUT2D eigenvalue weighted by atomic mass is 10.0. The van der Waals surface area contributed by atoms with Gasteiger partial charge in [-0.3, -0.25) is 9.78 Å². The quantitative estimate of drug-likeness (QED) is 0.653. The molecule has 0 aliphatic rings. The summed E-state index contributed by atoms with van der Waals surface area (Å²) in [5.41, 5.74) is 1.75. The summed E-state index contributed by atoms with van der Waals surface area (Å²) in [6.45, 7) is 0. The van der Waals surface area contributed by atoms with Gasteiger partial charge in [0, 0.05) is 22.7 Å². The molecule has 0 unspecified atom stereocenters. The van der Waals surface area contributed by atoms with Crippen LogP contribution in [0.25, 0.3) is 10.9 Å². The Labute approximate surface area is 123 Å². The number of carbonyl (C=O) groups excluding carboxylic acids is 1. The number of pyridine rings is 1. The minimum Gasteiger partial charge on any atom is -0.289 e. The number of para-hydroxylation sites is 1. The highest BCUT2D eigenvalue weighted by molar-refractivity contribution is 9.10. The van der Waals surface area contributed by atoms with Crippen LogP contribution < -0.4 is 0 Å². The fraction of sp³-hybridized carbons (Fsp3) is 0. The zero-order valence-electron chi connectivity index (χ0n) is 10.3. The van der Waals surface area contributed by atoms with Gasteiger partial charge in [0.2, 0.25) is 0 Å². The number of hydrogen-bond acceptors (Lipinski definition) is 2. The summed E-state index contributed by atoms with van der Waals surface area (Å²) in [6, 6.07) is 13.6. The highest BCUT2D eigenvalue weighted by atomic mass is 79.9. The number of benzene rings is 2. The molecule has 98 valence electrons. The summed E-state index contributed by atoms with van der Waals surface area (Å²) in [7, 11) is 0. The largest absolute Gasteiger partial charge is 0.289 e. The zero-order valence-corrected chi connectivity index (χ0v) is 11.9. The summed E-state index contributed by atoms with van der Waals surface area (Å²) < 4.78 is 13.5. The number of nitrogens with zero attached hydrogens (tertiary/aromatic N) is 1. The maximum atomic E-state index is 13.2. The fourth-order valence-corrected chi connectivity index (χ4v) is 2.38. The van der Waals surface area contributed by atoms with Gasteiger partial charge >= 0.3 is 0 Å². The van der Waals surface area contributed by atoms with Crippen LogP contribution in [0.15, 0.2) is 59.2 Å². The van der Waals surface area contributed by atoms with Gasteiger partial charge in [-0.1, -0.05) is 18.2 Å². The van der Waals surface area contributed by atoms with E-state index in [4.69, 9.17) is 0 Å². The number of aromatic nitrogens is 1. The Morgan fingerprint density at radius 2 is 1.85 bits per heavy atom. The Morgan fingerprint density at radius 3 is 2.65 bits per heavy atom. The van der Waals surface area contributed by atoms with Crippen molar-refractivity contribution >= 4 is 32.6 Å². The van der Waals surface area contributed by atoms with Crippen LogP contribution in [0, 0.1) is 5.82 Å². The molecule has 0 bridgehead atoms. The number of carbonyl (C=O) groups is 1. The van der Waals surface area contributed by atoms with Gasteiger partial charge in [-0.25, -0.2) is 4.39 Å². The Kier molecular flexibility index (Phi) is 3.32. The Morgan fingerprint density at radius 1 is 1.05 bits per heavy atom. The average molecular weight is 330 g/mol. The van der Waals surface area contributed by atoms with E-state index in [0.717, 1.165) is 10.9 Å². The van der Waals surface area contributed by atoms with E-state index in [1.165, 1.54) is 18.2 Å². The molecule has 20 heavy (non-hydrogen) atoms. The molecule has 0 saturated heterocycles. The first-order valence-electron chi connectivity index (χ1n) is 6.00. The standard InChI is InChI=1S/C16H9BrFNO/c17-13-8-11(5-6-14(13)18)16(20)12-7-10-3-1-2-4-15(10)19-9-12/h1-9H. The summed E-state index contributed by atoms with van der Waals surface area (Å²) in [6.07, 6.45) is 1.54. The van der Waals surface area contributed by atoms with Gasteiger partial charge in [0.15, 0.2) is 5.78 Å². The third-order valence-electron chi connectivity index (χ3n) is 3.03. The van der Waals surface area contributed by atoms with Gasteiger partial charge < -0.3 is 0 Å². The molecule has 1 aromatic heterocycles. The Hall–Kier alpha value is -2.07. The normalized spacial score (nSPS) is 10.7. The van der Waals surface area contributed by atoms with E-state index < -0.39 is 5.82 Å². The van der Waals surface area contributed by atoms with Crippen molar-refractivity contribution in [1.29, 1.82) is 0 Å². The Balaban J connectivity index is 2.05. The van der Waals surface area contributed by atoms with Gasteiger partial charge in [-0.15, -0.1) is 0 Å². The number of fused-ring (bicyclic) bond motifs is 1. The topological polar surface area (TPSA) is 30.0 Å². The fourth-order valence-electron chi connectivity index (χ4n) is 2.00. The monoisotopic (exact) mass is 329 g/mol. The maximum Gasteiger partial charge on any atom is 0.194 e. The van der Waals surface area contributed by atoms with Crippen molar-refractivity contribution in [3.63, 3.8) is 0 Å². The minimum absolute atomic E-state index is 0.177. The first-order valence-corrected chi connectivity index (χ1v) is 6.79. The van der Waals surface area contributed by atoms with Crippen molar-refractivity contribution in [2.75, 3.05) is 0 Å². The molecule has 0 amide bonds. The predicted octanol–water partition coefficient (Wildman–Crippen LogP) is 4.37. The summed E-state index contributed by atoms with van der Waals surface area (Å²) in [4.78, 5) is 16.6. The SMILES string of the molecule is O=C(c1ccc(F)c(Br)c1)c1cnc2ccccc2c1. The van der Waals surface area contributed by atoms with Crippen LogP contribution in [-0.2, 0) is 0 Å². The van der Waals surface area contributed by atoms with Crippen LogP contribution in [0.2, 0.25) is 0 Å². The molecule has 1 heterocycles. The van der Waals surface area contributed by atoms with E-state index in [1.807, 2.05) is 24.3 Å². The summed E-state index contributed by atoms with van der Waals surface area (Å²) >= 11 is 3.08. The number of hydrogen-bond donors (Lipinski definition) is 0. The highest BCUT2D eigenvalue weighted by Gasteiger charge is 2.12. The molecule has 0 aliphatic heterocycles. The van der Waals surface area contributed by atoms with Crippen molar-refractivity contribution in [3.8, 4) is 0 Å². The molecular formula is C16H9BrFNO. The van der Waals surface area contributed by atoms with Crippen molar-refractivity contribution in [1.82, 2.24) is 4.98 Å². The number of halogens is 2. The van der Waals surface area contributed by atoms with Gasteiger partial charge in [0.25, 0.3) is 0 Å². The highest BCUT2D eigenvalue weighted by Crippen LogP contribution is 2.20. The third kappa shape index (κ3) is 2.34. The lowest BCUT2D eigenvalue weighted by molar-refractivity contribution is 0.103. The van der Waals surface area contributed by atoms with Gasteiger partial charge in [-0.05, 0) is 46.3 Å². The first kappa shape index (κ1) is 12.9.